The lowest BCUT2D eigenvalue weighted by molar-refractivity contribution is 0.717. The molecule has 0 bridgehead atoms. The summed E-state index contributed by atoms with van der Waals surface area (Å²) in [6, 6.07) is 8.81. The fourth-order valence-electron chi connectivity index (χ4n) is 2.39. The number of aromatic nitrogens is 2. The Bertz CT molecular complexity index is 526. The molecule has 0 spiro atoms. The van der Waals surface area contributed by atoms with Gasteiger partial charge in [-0.15, -0.1) is 0 Å². The molecule has 0 atom stereocenters. The van der Waals surface area contributed by atoms with Crippen LogP contribution in [0.5, 0.6) is 0 Å². The van der Waals surface area contributed by atoms with E-state index in [2.05, 4.69) is 47.8 Å². The van der Waals surface area contributed by atoms with Crippen LogP contribution >= 0.6 is 0 Å². The first-order chi connectivity index (χ1) is 9.69. The quantitative estimate of drug-likeness (QED) is 0.769. The summed E-state index contributed by atoms with van der Waals surface area (Å²) in [6.45, 7) is 5.12. The molecule has 0 amide bonds. The monoisotopic (exact) mass is 271 g/mol. The number of rotatable bonds is 7. The lowest BCUT2D eigenvalue weighted by Crippen LogP contribution is -2.00. The van der Waals surface area contributed by atoms with Crippen molar-refractivity contribution in [1.82, 2.24) is 9.78 Å². The van der Waals surface area contributed by atoms with E-state index in [0.29, 0.717) is 0 Å². The molecule has 3 heteroatoms. The highest BCUT2D eigenvalue weighted by atomic mass is 15.2. The average molecular weight is 271 g/mol. The van der Waals surface area contributed by atoms with Crippen molar-refractivity contribution in [3.8, 4) is 0 Å². The molecule has 0 saturated heterocycles. The number of aryl methyl sites for hydroxylation is 3. The summed E-state index contributed by atoms with van der Waals surface area (Å²) in [5.41, 5.74) is 4.95. The highest BCUT2D eigenvalue weighted by Gasteiger charge is 2.02. The smallest absolute Gasteiger partial charge is 0.0643 e. The lowest BCUT2D eigenvalue weighted by Gasteiger charge is -2.07. The third kappa shape index (κ3) is 4.12. The normalized spacial score (nSPS) is 10.8. The van der Waals surface area contributed by atoms with Gasteiger partial charge in [-0.3, -0.25) is 4.68 Å². The number of anilines is 1. The van der Waals surface area contributed by atoms with Crippen LogP contribution in [0.4, 0.5) is 5.69 Å². The van der Waals surface area contributed by atoms with E-state index >= 15 is 0 Å². The van der Waals surface area contributed by atoms with Gasteiger partial charge in [0.2, 0.25) is 0 Å². The van der Waals surface area contributed by atoms with Crippen LogP contribution in [0.1, 0.15) is 43.0 Å². The van der Waals surface area contributed by atoms with Crippen LogP contribution in [0.15, 0.2) is 30.5 Å². The summed E-state index contributed by atoms with van der Waals surface area (Å²) in [5, 5.41) is 7.81. The fourth-order valence-corrected chi connectivity index (χ4v) is 2.39. The maximum Gasteiger partial charge on any atom is 0.0643 e. The first-order valence-electron chi connectivity index (χ1n) is 7.51. The third-order valence-corrected chi connectivity index (χ3v) is 3.62. The molecule has 0 saturated carbocycles. The number of unbranched alkanes of at least 4 members (excludes halogenated alkanes) is 2. The maximum atomic E-state index is 4.36. The molecular formula is C17H25N3. The summed E-state index contributed by atoms with van der Waals surface area (Å²) in [4.78, 5) is 0. The molecule has 3 nitrogen and oxygen atoms in total. The van der Waals surface area contributed by atoms with Gasteiger partial charge < -0.3 is 5.32 Å². The summed E-state index contributed by atoms with van der Waals surface area (Å²) < 4.78 is 1.86. The zero-order valence-corrected chi connectivity index (χ0v) is 12.8. The minimum Gasteiger partial charge on any atom is -0.381 e. The lowest BCUT2D eigenvalue weighted by atomic mass is 10.1. The molecular weight excluding hydrogens is 246 g/mol. The summed E-state index contributed by atoms with van der Waals surface area (Å²) in [6.07, 6.45) is 7.15. The van der Waals surface area contributed by atoms with Crippen LogP contribution in [0.25, 0.3) is 0 Å². The van der Waals surface area contributed by atoms with E-state index < -0.39 is 0 Å². The van der Waals surface area contributed by atoms with Gasteiger partial charge in [-0.25, -0.2) is 0 Å². The van der Waals surface area contributed by atoms with E-state index in [1.54, 1.807) is 0 Å². The first-order valence-corrected chi connectivity index (χ1v) is 7.51. The highest BCUT2D eigenvalue weighted by Crippen LogP contribution is 2.14. The van der Waals surface area contributed by atoms with Crippen molar-refractivity contribution < 1.29 is 0 Å². The van der Waals surface area contributed by atoms with Crippen LogP contribution in [-0.2, 0) is 20.0 Å². The molecule has 108 valence electrons. The second-order valence-corrected chi connectivity index (χ2v) is 5.42. The molecule has 0 aliphatic carbocycles. The van der Waals surface area contributed by atoms with Gasteiger partial charge in [-0.1, -0.05) is 31.9 Å². The second-order valence-electron chi connectivity index (χ2n) is 5.42. The van der Waals surface area contributed by atoms with Gasteiger partial charge in [0.1, 0.15) is 0 Å². The van der Waals surface area contributed by atoms with Gasteiger partial charge in [0.15, 0.2) is 0 Å². The summed E-state index contributed by atoms with van der Waals surface area (Å²) in [5.74, 6) is 0. The van der Waals surface area contributed by atoms with Crippen LogP contribution in [0.2, 0.25) is 0 Å². The highest BCUT2D eigenvalue weighted by molar-refractivity contribution is 5.45. The van der Waals surface area contributed by atoms with E-state index in [-0.39, 0.29) is 0 Å². The van der Waals surface area contributed by atoms with Crippen molar-refractivity contribution in [3.05, 3.63) is 47.3 Å². The van der Waals surface area contributed by atoms with E-state index in [1.165, 1.54) is 42.5 Å². The van der Waals surface area contributed by atoms with Crippen LogP contribution in [0, 0.1) is 6.92 Å². The molecule has 20 heavy (non-hydrogen) atoms. The Labute approximate surface area is 122 Å². The zero-order valence-electron chi connectivity index (χ0n) is 12.8. The second kappa shape index (κ2) is 7.13. The van der Waals surface area contributed by atoms with Crippen LogP contribution in [0.3, 0.4) is 0 Å². The Morgan fingerprint density at radius 2 is 1.90 bits per heavy atom. The van der Waals surface area contributed by atoms with E-state index in [0.717, 1.165) is 12.2 Å². The molecule has 0 aliphatic rings. The zero-order chi connectivity index (χ0) is 14.4. The average Bonchev–Trinajstić information content (AvgIpc) is 2.76. The number of nitrogens with zero attached hydrogens (tertiary/aromatic N) is 2. The molecule has 1 aromatic heterocycles. The summed E-state index contributed by atoms with van der Waals surface area (Å²) >= 11 is 0. The van der Waals surface area contributed by atoms with Gasteiger partial charge in [-0.2, -0.15) is 5.10 Å². The van der Waals surface area contributed by atoms with Crippen molar-refractivity contribution in [2.45, 2.75) is 46.1 Å². The Morgan fingerprint density at radius 3 is 2.50 bits per heavy atom. The Morgan fingerprint density at radius 1 is 1.15 bits per heavy atom. The number of hydrogen-bond donors (Lipinski definition) is 1. The standard InChI is InChI=1S/C17H25N3/c1-4-5-6-7-15-8-10-17(11-9-15)18-12-16-13-20(3)19-14(16)2/h8-11,13,18H,4-7,12H2,1-3H3. The minimum atomic E-state index is 0.828. The molecule has 0 aliphatic heterocycles. The van der Waals surface area contributed by atoms with Crippen molar-refractivity contribution in [2.75, 3.05) is 5.32 Å². The minimum absolute atomic E-state index is 0.828. The molecule has 2 aromatic rings. The fraction of sp³-hybridized carbons (Fsp3) is 0.471. The topological polar surface area (TPSA) is 29.9 Å². The predicted octanol–water partition coefficient (Wildman–Crippen LogP) is 4.07. The van der Waals surface area contributed by atoms with Gasteiger partial charge in [-0.05, 0) is 37.5 Å². The van der Waals surface area contributed by atoms with Gasteiger partial charge in [0, 0.05) is 31.0 Å². The largest absolute Gasteiger partial charge is 0.381 e. The van der Waals surface area contributed by atoms with Gasteiger partial charge >= 0.3 is 0 Å². The van der Waals surface area contributed by atoms with Crippen molar-refractivity contribution in [2.24, 2.45) is 7.05 Å². The Balaban J connectivity index is 1.86. The molecule has 0 unspecified atom stereocenters. The van der Waals surface area contributed by atoms with E-state index in [1.807, 2.05) is 18.7 Å². The summed E-state index contributed by atoms with van der Waals surface area (Å²) in [7, 11) is 1.96. The van der Waals surface area contributed by atoms with Crippen molar-refractivity contribution >= 4 is 5.69 Å². The van der Waals surface area contributed by atoms with Crippen LogP contribution in [-0.4, -0.2) is 9.78 Å². The SMILES string of the molecule is CCCCCc1ccc(NCc2cn(C)nc2C)cc1. The molecule has 1 heterocycles. The Hall–Kier alpha value is -1.77. The third-order valence-electron chi connectivity index (χ3n) is 3.62. The van der Waals surface area contributed by atoms with Gasteiger partial charge in [0.25, 0.3) is 0 Å². The first kappa shape index (κ1) is 14.6. The predicted molar refractivity (Wildman–Crippen MR) is 84.9 cm³/mol. The molecule has 0 fully saturated rings. The number of nitrogens with one attached hydrogen (secondary N) is 1. The van der Waals surface area contributed by atoms with E-state index in [4.69, 9.17) is 0 Å². The molecule has 1 N–H and O–H groups in total. The molecule has 0 radical (unpaired) electrons. The van der Waals surface area contributed by atoms with Crippen molar-refractivity contribution in [1.29, 1.82) is 0 Å². The maximum absolute atomic E-state index is 4.36. The van der Waals surface area contributed by atoms with Crippen molar-refractivity contribution in [3.63, 3.8) is 0 Å². The molecule has 2 rings (SSSR count). The number of hydrogen-bond acceptors (Lipinski definition) is 2. The number of benzene rings is 1. The Kier molecular flexibility index (Phi) is 5.22. The van der Waals surface area contributed by atoms with E-state index in [9.17, 15) is 0 Å². The molecule has 1 aromatic carbocycles. The van der Waals surface area contributed by atoms with Crippen LogP contribution < -0.4 is 5.32 Å². The van der Waals surface area contributed by atoms with Gasteiger partial charge in [0.05, 0.1) is 5.69 Å².